The lowest BCUT2D eigenvalue weighted by Crippen LogP contribution is -2.29. The minimum Gasteiger partial charge on any atom is -0.494 e. The molecule has 3 aromatic rings. The molecule has 0 bridgehead atoms. The summed E-state index contributed by atoms with van der Waals surface area (Å²) in [5.74, 6) is 0.787. The van der Waals surface area contributed by atoms with E-state index >= 15 is 0 Å². The Kier molecular flexibility index (Phi) is 5.74. The van der Waals surface area contributed by atoms with Gasteiger partial charge in [-0.3, -0.25) is 4.79 Å². The van der Waals surface area contributed by atoms with Crippen molar-refractivity contribution in [2.75, 3.05) is 29.9 Å². The van der Waals surface area contributed by atoms with E-state index in [0.29, 0.717) is 13.2 Å². The van der Waals surface area contributed by atoms with Crippen LogP contribution in [0.25, 0.3) is 10.9 Å². The van der Waals surface area contributed by atoms with Gasteiger partial charge in [0.1, 0.15) is 5.75 Å². The van der Waals surface area contributed by atoms with Crippen LogP contribution in [0.15, 0.2) is 53.3 Å². The molecule has 1 aromatic heterocycles. The Morgan fingerprint density at radius 2 is 1.76 bits per heavy atom. The minimum absolute atomic E-state index is 0.0172. The van der Waals surface area contributed by atoms with Crippen LogP contribution in [0.3, 0.4) is 0 Å². The van der Waals surface area contributed by atoms with Crippen molar-refractivity contribution in [2.24, 2.45) is 7.05 Å². The van der Waals surface area contributed by atoms with Crippen molar-refractivity contribution in [3.05, 3.63) is 64.4 Å². The molecule has 2 aromatic carbocycles. The summed E-state index contributed by atoms with van der Waals surface area (Å²) in [6, 6.07) is 16.4. The topological polar surface area (TPSA) is 46.5 Å². The molecule has 0 aliphatic carbocycles. The first kappa shape index (κ1) is 19.4. The van der Waals surface area contributed by atoms with Crippen LogP contribution >= 0.6 is 0 Å². The maximum absolute atomic E-state index is 12.8. The third-order valence-corrected chi connectivity index (χ3v) is 5.65. The fourth-order valence-electron chi connectivity index (χ4n) is 4.03. The highest BCUT2D eigenvalue weighted by Crippen LogP contribution is 2.23. The first-order chi connectivity index (χ1) is 14.2. The monoisotopic (exact) mass is 391 g/mol. The maximum atomic E-state index is 12.8. The number of nitrogens with zero attached hydrogens (tertiary/aromatic N) is 2. The lowest BCUT2D eigenvalue weighted by molar-refractivity contribution is 0.340. The molecule has 1 N–H and O–H groups in total. The summed E-state index contributed by atoms with van der Waals surface area (Å²) in [5, 5.41) is 4.43. The van der Waals surface area contributed by atoms with E-state index in [0.717, 1.165) is 41.0 Å². The smallest absolute Gasteiger partial charge is 0.255 e. The van der Waals surface area contributed by atoms with Gasteiger partial charge < -0.3 is 19.5 Å². The normalized spacial score (nSPS) is 14.2. The lowest BCUT2D eigenvalue weighted by Gasteiger charge is -2.28. The van der Waals surface area contributed by atoms with E-state index in [1.54, 1.807) is 4.57 Å². The standard InChI is InChI=1S/C24H29N3O2/c1-3-29-22-12-7-18-15-19(24(28)26(2)23(18)16-22)17-25-20-8-10-21(11-9-20)27-13-5-4-6-14-27/h7-12,15-16,25H,3-6,13-14,17H2,1-2H3. The van der Waals surface area contributed by atoms with E-state index in [2.05, 4.69) is 34.5 Å². The molecule has 2 heterocycles. The number of ether oxygens (including phenoxy) is 1. The molecular weight excluding hydrogens is 362 g/mol. The summed E-state index contributed by atoms with van der Waals surface area (Å²) >= 11 is 0. The summed E-state index contributed by atoms with van der Waals surface area (Å²) in [5.41, 5.74) is 3.96. The highest BCUT2D eigenvalue weighted by atomic mass is 16.5. The molecule has 1 aliphatic heterocycles. The van der Waals surface area contributed by atoms with Gasteiger partial charge in [0, 0.05) is 49.7 Å². The van der Waals surface area contributed by atoms with Crippen molar-refractivity contribution in [2.45, 2.75) is 32.7 Å². The van der Waals surface area contributed by atoms with Gasteiger partial charge in [0.2, 0.25) is 0 Å². The van der Waals surface area contributed by atoms with E-state index in [1.165, 1.54) is 24.9 Å². The number of hydrogen-bond donors (Lipinski definition) is 1. The van der Waals surface area contributed by atoms with Crippen molar-refractivity contribution in [3.63, 3.8) is 0 Å². The second-order valence-corrected chi connectivity index (χ2v) is 7.64. The molecule has 29 heavy (non-hydrogen) atoms. The van der Waals surface area contributed by atoms with Gasteiger partial charge in [0.15, 0.2) is 0 Å². The number of fused-ring (bicyclic) bond motifs is 1. The van der Waals surface area contributed by atoms with Crippen molar-refractivity contribution < 1.29 is 4.74 Å². The molecule has 0 saturated carbocycles. The van der Waals surface area contributed by atoms with Gasteiger partial charge in [-0.25, -0.2) is 0 Å². The van der Waals surface area contributed by atoms with Gasteiger partial charge in [-0.15, -0.1) is 0 Å². The third-order valence-electron chi connectivity index (χ3n) is 5.65. The van der Waals surface area contributed by atoms with E-state index in [-0.39, 0.29) is 5.56 Å². The number of nitrogens with one attached hydrogen (secondary N) is 1. The fourth-order valence-corrected chi connectivity index (χ4v) is 4.03. The van der Waals surface area contributed by atoms with Crippen molar-refractivity contribution in [1.82, 2.24) is 4.57 Å². The molecule has 0 radical (unpaired) electrons. The average molecular weight is 392 g/mol. The van der Waals surface area contributed by atoms with Crippen LogP contribution in [-0.4, -0.2) is 24.3 Å². The average Bonchev–Trinajstić information content (AvgIpc) is 2.77. The molecule has 0 spiro atoms. The number of aryl methyl sites for hydroxylation is 1. The predicted molar refractivity (Wildman–Crippen MR) is 120 cm³/mol. The van der Waals surface area contributed by atoms with Crippen molar-refractivity contribution in [1.29, 1.82) is 0 Å². The minimum atomic E-state index is 0.0172. The number of hydrogen-bond acceptors (Lipinski definition) is 4. The molecule has 152 valence electrons. The van der Waals surface area contributed by atoms with Crippen LogP contribution in [0.4, 0.5) is 11.4 Å². The lowest BCUT2D eigenvalue weighted by atomic mass is 10.1. The Hall–Kier alpha value is -2.95. The number of pyridine rings is 1. The van der Waals surface area contributed by atoms with Crippen LogP contribution in [0.5, 0.6) is 5.75 Å². The van der Waals surface area contributed by atoms with Gasteiger partial charge in [-0.2, -0.15) is 0 Å². The second-order valence-electron chi connectivity index (χ2n) is 7.64. The largest absolute Gasteiger partial charge is 0.494 e. The van der Waals surface area contributed by atoms with E-state index in [1.807, 2.05) is 38.2 Å². The number of anilines is 2. The quantitative estimate of drug-likeness (QED) is 0.670. The Morgan fingerprint density at radius 3 is 2.48 bits per heavy atom. The molecule has 4 rings (SSSR count). The predicted octanol–water partition coefficient (Wildman–Crippen LogP) is 4.54. The number of piperidine rings is 1. The fraction of sp³-hybridized carbons (Fsp3) is 0.375. The highest BCUT2D eigenvalue weighted by Gasteiger charge is 2.11. The van der Waals surface area contributed by atoms with Crippen molar-refractivity contribution in [3.8, 4) is 5.75 Å². The molecule has 1 aliphatic rings. The van der Waals surface area contributed by atoms with Crippen LogP contribution in [0, 0.1) is 0 Å². The Bertz CT molecular complexity index is 1030. The zero-order valence-corrected chi connectivity index (χ0v) is 17.3. The van der Waals surface area contributed by atoms with Gasteiger partial charge in [-0.1, -0.05) is 0 Å². The summed E-state index contributed by atoms with van der Waals surface area (Å²) in [4.78, 5) is 15.3. The Labute approximate surface area is 171 Å². The molecule has 0 unspecified atom stereocenters. The zero-order chi connectivity index (χ0) is 20.2. The zero-order valence-electron chi connectivity index (χ0n) is 17.3. The SMILES string of the molecule is CCOc1ccc2cc(CNc3ccc(N4CCCCC4)cc3)c(=O)n(C)c2c1. The maximum Gasteiger partial charge on any atom is 0.255 e. The van der Waals surface area contributed by atoms with Gasteiger partial charge >= 0.3 is 0 Å². The molecule has 5 nitrogen and oxygen atoms in total. The third kappa shape index (κ3) is 4.24. The van der Waals surface area contributed by atoms with Gasteiger partial charge in [0.25, 0.3) is 5.56 Å². The molecular formula is C24H29N3O2. The van der Waals surface area contributed by atoms with Crippen LogP contribution in [-0.2, 0) is 13.6 Å². The van der Waals surface area contributed by atoms with Crippen LogP contribution < -0.4 is 20.5 Å². The molecule has 1 fully saturated rings. The van der Waals surface area contributed by atoms with Crippen LogP contribution in [0.2, 0.25) is 0 Å². The summed E-state index contributed by atoms with van der Waals surface area (Å²) < 4.78 is 7.27. The highest BCUT2D eigenvalue weighted by molar-refractivity contribution is 5.81. The van der Waals surface area contributed by atoms with Crippen molar-refractivity contribution >= 4 is 22.3 Å². The molecule has 1 saturated heterocycles. The number of benzene rings is 2. The summed E-state index contributed by atoms with van der Waals surface area (Å²) in [7, 11) is 1.82. The van der Waals surface area contributed by atoms with E-state index in [4.69, 9.17) is 4.74 Å². The summed E-state index contributed by atoms with van der Waals surface area (Å²) in [6.45, 7) is 5.35. The number of aromatic nitrogens is 1. The van der Waals surface area contributed by atoms with E-state index in [9.17, 15) is 4.79 Å². The molecule has 5 heteroatoms. The van der Waals surface area contributed by atoms with E-state index < -0.39 is 0 Å². The first-order valence-corrected chi connectivity index (χ1v) is 10.5. The summed E-state index contributed by atoms with van der Waals surface area (Å²) in [6.07, 6.45) is 3.89. The van der Waals surface area contributed by atoms with Gasteiger partial charge in [-0.05, 0) is 74.0 Å². The molecule has 0 atom stereocenters. The molecule has 0 amide bonds. The Balaban J connectivity index is 1.50. The van der Waals surface area contributed by atoms with Crippen LogP contribution in [0.1, 0.15) is 31.7 Å². The first-order valence-electron chi connectivity index (χ1n) is 10.5. The second kappa shape index (κ2) is 8.60. The Morgan fingerprint density at radius 1 is 1.00 bits per heavy atom. The number of rotatable bonds is 6. The van der Waals surface area contributed by atoms with Gasteiger partial charge in [0.05, 0.1) is 12.1 Å².